The summed E-state index contributed by atoms with van der Waals surface area (Å²) < 4.78 is 0. The third-order valence-corrected chi connectivity index (χ3v) is 3.46. The smallest absolute Gasteiger partial charge is 0.251 e. The Morgan fingerprint density at radius 2 is 1.94 bits per heavy atom. The lowest BCUT2D eigenvalue weighted by atomic mass is 10.2. The largest absolute Gasteiger partial charge is 0.352 e. The molecule has 4 heteroatoms. The molecule has 0 atom stereocenters. The van der Waals surface area contributed by atoms with Crippen molar-refractivity contribution in [3.8, 4) is 0 Å². The maximum absolute atomic E-state index is 11.7. The summed E-state index contributed by atoms with van der Waals surface area (Å²) in [7, 11) is 0. The van der Waals surface area contributed by atoms with Gasteiger partial charge in [-0.1, -0.05) is 6.42 Å². The highest BCUT2D eigenvalue weighted by atomic mass is 35.5. The quantitative estimate of drug-likeness (QED) is 0.467. The highest BCUT2D eigenvalue weighted by Gasteiger charge is 2.03. The summed E-state index contributed by atoms with van der Waals surface area (Å²) in [5, 5.41) is 2.91. The first-order chi connectivity index (χ1) is 8.27. The number of carbonyl (C=O) groups is 1. The Bertz CT molecular complexity index is 340. The van der Waals surface area contributed by atoms with Crippen molar-refractivity contribution in [2.75, 3.05) is 18.7 Å². The van der Waals surface area contributed by atoms with Gasteiger partial charge in [-0.25, -0.2) is 0 Å². The van der Waals surface area contributed by atoms with Crippen molar-refractivity contribution in [3.63, 3.8) is 0 Å². The number of hydrogen-bond donors (Lipinski definition) is 1. The number of thioether (sulfide) groups is 1. The van der Waals surface area contributed by atoms with Gasteiger partial charge in [-0.3, -0.25) is 4.79 Å². The summed E-state index contributed by atoms with van der Waals surface area (Å²) in [6, 6.07) is 7.65. The molecule has 1 amide bonds. The average Bonchev–Trinajstić information content (AvgIpc) is 2.38. The fraction of sp³-hybridized carbons (Fsp3) is 0.462. The number of halogens is 1. The van der Waals surface area contributed by atoms with Crippen molar-refractivity contribution in [1.82, 2.24) is 5.32 Å². The van der Waals surface area contributed by atoms with Crippen LogP contribution in [0.1, 0.15) is 29.6 Å². The van der Waals surface area contributed by atoms with Crippen molar-refractivity contribution < 1.29 is 4.79 Å². The van der Waals surface area contributed by atoms with E-state index in [-0.39, 0.29) is 5.91 Å². The molecule has 1 aromatic rings. The predicted molar refractivity (Wildman–Crippen MR) is 75.1 cm³/mol. The van der Waals surface area contributed by atoms with Gasteiger partial charge in [0.2, 0.25) is 0 Å². The zero-order valence-corrected chi connectivity index (χ0v) is 11.6. The van der Waals surface area contributed by atoms with Crippen molar-refractivity contribution in [3.05, 3.63) is 29.8 Å². The molecule has 0 unspecified atom stereocenters. The van der Waals surface area contributed by atoms with E-state index in [1.807, 2.05) is 30.5 Å². The van der Waals surface area contributed by atoms with E-state index in [4.69, 9.17) is 11.6 Å². The topological polar surface area (TPSA) is 29.1 Å². The van der Waals surface area contributed by atoms with E-state index in [0.717, 1.165) is 31.4 Å². The molecule has 1 rings (SSSR count). The maximum atomic E-state index is 11.7. The molecule has 0 heterocycles. The molecule has 0 aliphatic heterocycles. The van der Waals surface area contributed by atoms with Gasteiger partial charge in [-0.05, 0) is 43.4 Å². The Labute approximate surface area is 112 Å². The van der Waals surface area contributed by atoms with Crippen LogP contribution in [0.4, 0.5) is 0 Å². The zero-order valence-electron chi connectivity index (χ0n) is 10.0. The second-order valence-electron chi connectivity index (χ2n) is 3.73. The highest BCUT2D eigenvalue weighted by molar-refractivity contribution is 7.98. The van der Waals surface area contributed by atoms with Crippen molar-refractivity contribution in [2.24, 2.45) is 0 Å². The van der Waals surface area contributed by atoms with Gasteiger partial charge in [0.15, 0.2) is 0 Å². The van der Waals surface area contributed by atoms with Crippen LogP contribution in [0.25, 0.3) is 0 Å². The Hall–Kier alpha value is -0.670. The van der Waals surface area contributed by atoms with Crippen LogP contribution in [0.5, 0.6) is 0 Å². The van der Waals surface area contributed by atoms with E-state index in [1.54, 1.807) is 11.8 Å². The number of nitrogens with one attached hydrogen (secondary N) is 1. The predicted octanol–water partition coefficient (Wildman–Crippen LogP) is 3.55. The number of carbonyl (C=O) groups excluding carboxylic acids is 1. The molecule has 17 heavy (non-hydrogen) atoms. The standard InChI is InChI=1S/C13H18ClNOS/c1-17-12-7-5-11(6-8-12)13(16)15-10-4-2-3-9-14/h5-8H,2-4,9-10H2,1H3,(H,15,16). The number of amides is 1. The third kappa shape index (κ3) is 5.46. The third-order valence-electron chi connectivity index (χ3n) is 2.45. The minimum Gasteiger partial charge on any atom is -0.352 e. The van der Waals surface area contributed by atoms with Gasteiger partial charge in [0.25, 0.3) is 5.91 Å². The normalized spacial score (nSPS) is 10.2. The van der Waals surface area contributed by atoms with Crippen LogP contribution in [-0.2, 0) is 0 Å². The lowest BCUT2D eigenvalue weighted by molar-refractivity contribution is 0.0953. The molecule has 0 saturated heterocycles. The van der Waals surface area contributed by atoms with Crippen molar-refractivity contribution >= 4 is 29.3 Å². The van der Waals surface area contributed by atoms with Gasteiger partial charge in [-0.15, -0.1) is 23.4 Å². The van der Waals surface area contributed by atoms with Gasteiger partial charge in [0.05, 0.1) is 0 Å². The Morgan fingerprint density at radius 3 is 2.53 bits per heavy atom. The molecule has 0 aliphatic rings. The molecule has 94 valence electrons. The monoisotopic (exact) mass is 271 g/mol. The number of benzene rings is 1. The van der Waals surface area contributed by atoms with E-state index in [0.29, 0.717) is 5.88 Å². The molecular formula is C13H18ClNOS. The van der Waals surface area contributed by atoms with E-state index < -0.39 is 0 Å². The lowest BCUT2D eigenvalue weighted by Crippen LogP contribution is -2.24. The number of rotatable bonds is 7. The van der Waals surface area contributed by atoms with Crippen LogP contribution in [-0.4, -0.2) is 24.6 Å². The molecule has 0 aliphatic carbocycles. The van der Waals surface area contributed by atoms with Crippen LogP contribution >= 0.6 is 23.4 Å². The second-order valence-corrected chi connectivity index (χ2v) is 4.99. The summed E-state index contributed by atoms with van der Waals surface area (Å²) in [6.07, 6.45) is 5.09. The number of hydrogen-bond acceptors (Lipinski definition) is 2. The fourth-order valence-electron chi connectivity index (χ4n) is 1.44. The SMILES string of the molecule is CSc1ccc(C(=O)NCCCCCCl)cc1. The van der Waals surface area contributed by atoms with Gasteiger partial charge < -0.3 is 5.32 Å². The number of unbranched alkanes of at least 4 members (excludes halogenated alkanes) is 2. The highest BCUT2D eigenvalue weighted by Crippen LogP contribution is 2.14. The molecule has 0 fully saturated rings. The first kappa shape index (κ1) is 14.4. The van der Waals surface area contributed by atoms with Crippen molar-refractivity contribution in [2.45, 2.75) is 24.2 Å². The van der Waals surface area contributed by atoms with E-state index in [2.05, 4.69) is 5.32 Å². The molecule has 0 bridgehead atoms. The van der Waals surface area contributed by atoms with Gasteiger partial charge in [0, 0.05) is 22.9 Å². The molecule has 0 saturated carbocycles. The zero-order chi connectivity index (χ0) is 12.5. The van der Waals surface area contributed by atoms with Gasteiger partial charge in [-0.2, -0.15) is 0 Å². The maximum Gasteiger partial charge on any atom is 0.251 e. The number of alkyl halides is 1. The molecule has 0 aromatic heterocycles. The molecule has 1 aromatic carbocycles. The van der Waals surface area contributed by atoms with E-state index in [1.165, 1.54) is 4.90 Å². The second kappa shape index (κ2) is 8.43. The van der Waals surface area contributed by atoms with Crippen LogP contribution in [0, 0.1) is 0 Å². The van der Waals surface area contributed by atoms with Gasteiger partial charge >= 0.3 is 0 Å². The first-order valence-electron chi connectivity index (χ1n) is 5.76. The molecular weight excluding hydrogens is 254 g/mol. The summed E-state index contributed by atoms with van der Waals surface area (Å²) in [6.45, 7) is 0.722. The van der Waals surface area contributed by atoms with E-state index in [9.17, 15) is 4.79 Å². The van der Waals surface area contributed by atoms with Crippen LogP contribution in [0.15, 0.2) is 29.2 Å². The molecule has 0 radical (unpaired) electrons. The molecule has 0 spiro atoms. The summed E-state index contributed by atoms with van der Waals surface area (Å²) in [4.78, 5) is 12.9. The van der Waals surface area contributed by atoms with Crippen LogP contribution < -0.4 is 5.32 Å². The Morgan fingerprint density at radius 1 is 1.24 bits per heavy atom. The lowest BCUT2D eigenvalue weighted by Gasteiger charge is -2.05. The summed E-state index contributed by atoms with van der Waals surface area (Å²) >= 11 is 7.25. The van der Waals surface area contributed by atoms with Gasteiger partial charge in [0.1, 0.15) is 0 Å². The summed E-state index contributed by atoms with van der Waals surface area (Å²) in [5.74, 6) is 0.702. The van der Waals surface area contributed by atoms with Crippen LogP contribution in [0.3, 0.4) is 0 Å². The minimum atomic E-state index is 0.00327. The first-order valence-corrected chi connectivity index (χ1v) is 7.52. The molecule has 1 N–H and O–H groups in total. The van der Waals surface area contributed by atoms with E-state index >= 15 is 0 Å². The Kier molecular flexibility index (Phi) is 7.13. The van der Waals surface area contributed by atoms with Crippen molar-refractivity contribution in [1.29, 1.82) is 0 Å². The minimum absolute atomic E-state index is 0.00327. The van der Waals surface area contributed by atoms with Crippen LogP contribution in [0.2, 0.25) is 0 Å². The Balaban J connectivity index is 2.31. The fourth-order valence-corrected chi connectivity index (χ4v) is 2.04. The average molecular weight is 272 g/mol. The molecule has 2 nitrogen and oxygen atoms in total. The summed E-state index contributed by atoms with van der Waals surface area (Å²) in [5.41, 5.74) is 0.722.